The van der Waals surface area contributed by atoms with Crippen LogP contribution in [0.15, 0.2) is 91.5 Å². The molecule has 0 spiro atoms. The zero-order valence-corrected chi connectivity index (χ0v) is 44.8. The van der Waals surface area contributed by atoms with Crippen LogP contribution in [0, 0.1) is 5.92 Å². The summed E-state index contributed by atoms with van der Waals surface area (Å²) in [4.78, 5) is 144. The topological polar surface area (TPSA) is 279 Å². The zero-order chi connectivity index (χ0) is 56.5. The van der Waals surface area contributed by atoms with Gasteiger partial charge in [-0.3, -0.25) is 57.9 Å². The predicted molar refractivity (Wildman–Crippen MR) is 294 cm³/mol. The molecule has 3 aliphatic heterocycles. The van der Waals surface area contributed by atoms with Crippen molar-refractivity contribution in [2.45, 2.75) is 70.9 Å². The van der Waals surface area contributed by atoms with Gasteiger partial charge in [-0.25, -0.2) is 9.78 Å². The molecule has 0 fully saturated rings. The van der Waals surface area contributed by atoms with Gasteiger partial charge in [0.2, 0.25) is 17.7 Å². The SMILES string of the molecule is CC(C)[C@H](NC(=O)CCCCCN1C(=O)C=CC1=O)C(=O)N[C@@H](CCCNC(N)=O)C(=O)Nc1ccc2c3c(cccc13)C(=O)N(CCN(C)CCCN(C)CCN1C(=O)c3cccc4c(-n5ccnc5)ccc(c34)C1=O)C2=O. The Morgan fingerprint density at radius 3 is 1.78 bits per heavy atom. The molecule has 5 aromatic rings. The number of hydrogen-bond donors (Lipinski definition) is 5. The number of anilines is 1. The van der Waals surface area contributed by atoms with Crippen LogP contribution in [0.5, 0.6) is 0 Å². The van der Waals surface area contributed by atoms with E-state index in [4.69, 9.17) is 5.73 Å². The van der Waals surface area contributed by atoms with Gasteiger partial charge in [0, 0.05) is 120 Å². The average molecular weight is 1080 g/mol. The molecule has 79 heavy (non-hydrogen) atoms. The lowest BCUT2D eigenvalue weighted by Crippen LogP contribution is -2.54. The Hall–Kier alpha value is -8.63. The number of nitrogens with zero attached hydrogens (tertiary/aromatic N) is 7. The molecule has 0 saturated heterocycles. The fourth-order valence-electron chi connectivity index (χ4n) is 10.2. The van der Waals surface area contributed by atoms with E-state index >= 15 is 0 Å². The van der Waals surface area contributed by atoms with Crippen molar-refractivity contribution in [3.8, 4) is 5.69 Å². The molecule has 3 aliphatic rings. The summed E-state index contributed by atoms with van der Waals surface area (Å²) in [5.74, 6) is -4.36. The van der Waals surface area contributed by atoms with Gasteiger partial charge < -0.3 is 41.4 Å². The van der Waals surface area contributed by atoms with Crippen LogP contribution < -0.4 is 27.0 Å². The monoisotopic (exact) mass is 1080 g/mol. The van der Waals surface area contributed by atoms with E-state index in [-0.39, 0.29) is 92.0 Å². The quantitative estimate of drug-likeness (QED) is 0.0370. The molecule has 0 saturated carbocycles. The lowest BCUT2D eigenvalue weighted by molar-refractivity contribution is -0.137. The van der Waals surface area contributed by atoms with Crippen LogP contribution >= 0.6 is 0 Å². The van der Waals surface area contributed by atoms with E-state index in [1.54, 1.807) is 68.8 Å². The lowest BCUT2D eigenvalue weighted by Gasteiger charge is -2.30. The summed E-state index contributed by atoms with van der Waals surface area (Å²) in [7, 11) is 3.84. The minimum Gasteiger partial charge on any atom is -0.352 e. The molecule has 0 aliphatic carbocycles. The van der Waals surface area contributed by atoms with Gasteiger partial charge in [-0.05, 0) is 102 Å². The second kappa shape index (κ2) is 25.2. The van der Waals surface area contributed by atoms with Crippen LogP contribution in [-0.4, -0.2) is 172 Å². The van der Waals surface area contributed by atoms with E-state index in [0.29, 0.717) is 78.4 Å². The highest BCUT2D eigenvalue weighted by molar-refractivity contribution is 6.28. The van der Waals surface area contributed by atoms with Crippen LogP contribution in [0.2, 0.25) is 0 Å². The molecular formula is C57H66N12O10. The number of rotatable bonds is 27. The van der Waals surface area contributed by atoms with Gasteiger partial charge in [-0.15, -0.1) is 0 Å². The Bertz CT molecular complexity index is 3180. The second-order valence-electron chi connectivity index (χ2n) is 20.4. The van der Waals surface area contributed by atoms with Crippen molar-refractivity contribution >= 4 is 86.4 Å². The molecule has 6 N–H and O–H groups in total. The fraction of sp³-hybridized carbons (Fsp3) is 0.386. The smallest absolute Gasteiger partial charge is 0.312 e. The third kappa shape index (κ3) is 12.9. The van der Waals surface area contributed by atoms with Crippen molar-refractivity contribution in [2.75, 3.05) is 71.8 Å². The van der Waals surface area contributed by atoms with Crippen molar-refractivity contribution < 1.29 is 47.9 Å². The van der Waals surface area contributed by atoms with Crippen LogP contribution in [0.1, 0.15) is 100 Å². The first-order valence-electron chi connectivity index (χ1n) is 26.6. The normalized spacial score (nSPS) is 14.8. The first-order valence-corrected chi connectivity index (χ1v) is 26.6. The van der Waals surface area contributed by atoms with Gasteiger partial charge >= 0.3 is 6.03 Å². The summed E-state index contributed by atoms with van der Waals surface area (Å²) in [5.41, 5.74) is 7.90. The molecule has 22 heteroatoms. The zero-order valence-electron chi connectivity index (χ0n) is 44.8. The number of urea groups is 1. The number of unbranched alkanes of at least 4 members (excludes halogenated alkanes) is 2. The third-order valence-corrected chi connectivity index (χ3v) is 14.5. The highest BCUT2D eigenvalue weighted by atomic mass is 16.2. The first-order chi connectivity index (χ1) is 37.9. The summed E-state index contributed by atoms with van der Waals surface area (Å²) in [6, 6.07) is 14.3. The van der Waals surface area contributed by atoms with Crippen molar-refractivity contribution in [1.29, 1.82) is 0 Å². The van der Waals surface area contributed by atoms with Gasteiger partial charge in [-0.1, -0.05) is 44.5 Å². The number of carbonyl (C=O) groups is 10. The van der Waals surface area contributed by atoms with E-state index in [1.807, 2.05) is 48.0 Å². The molecule has 11 amide bonds. The Kier molecular flexibility index (Phi) is 18.1. The maximum absolute atomic E-state index is 14.1. The van der Waals surface area contributed by atoms with E-state index in [0.717, 1.165) is 22.4 Å². The number of likely N-dealkylation sites (N-methyl/N-ethyl adjacent to an activating group) is 2. The number of primary amides is 1. The fourth-order valence-corrected chi connectivity index (χ4v) is 10.2. The minimum atomic E-state index is -1.15. The Balaban J connectivity index is 0.829. The molecule has 4 heterocycles. The van der Waals surface area contributed by atoms with Crippen LogP contribution in [0.3, 0.4) is 0 Å². The van der Waals surface area contributed by atoms with Gasteiger partial charge in [0.05, 0.1) is 12.0 Å². The Morgan fingerprint density at radius 1 is 0.620 bits per heavy atom. The number of carbonyl (C=O) groups excluding carboxylic acids is 10. The maximum atomic E-state index is 14.1. The number of nitrogens with one attached hydrogen (secondary N) is 4. The number of benzene rings is 4. The highest BCUT2D eigenvalue weighted by Crippen LogP contribution is 2.36. The molecule has 0 radical (unpaired) electrons. The van der Waals surface area contributed by atoms with E-state index in [9.17, 15) is 47.9 Å². The Morgan fingerprint density at radius 2 is 1.20 bits per heavy atom. The number of imide groups is 3. The molecule has 22 nitrogen and oxygen atoms in total. The van der Waals surface area contributed by atoms with Crippen molar-refractivity contribution in [2.24, 2.45) is 11.7 Å². The maximum Gasteiger partial charge on any atom is 0.312 e. The predicted octanol–water partition coefficient (Wildman–Crippen LogP) is 3.82. The number of imidazole rings is 1. The second-order valence-corrected chi connectivity index (χ2v) is 20.4. The molecule has 414 valence electrons. The van der Waals surface area contributed by atoms with Crippen LogP contribution in [-0.2, 0) is 24.0 Å². The van der Waals surface area contributed by atoms with Gasteiger partial charge in [0.25, 0.3) is 35.4 Å². The first kappa shape index (κ1) is 56.6. The van der Waals surface area contributed by atoms with Gasteiger partial charge in [0.15, 0.2) is 0 Å². The third-order valence-electron chi connectivity index (χ3n) is 14.5. The number of amides is 11. The largest absolute Gasteiger partial charge is 0.352 e. The summed E-state index contributed by atoms with van der Waals surface area (Å²) < 4.78 is 1.85. The molecule has 4 aromatic carbocycles. The molecule has 1 aromatic heterocycles. The summed E-state index contributed by atoms with van der Waals surface area (Å²) in [5, 5.41) is 13.2. The highest BCUT2D eigenvalue weighted by Gasteiger charge is 2.36. The van der Waals surface area contributed by atoms with Crippen LogP contribution in [0.4, 0.5) is 10.5 Å². The van der Waals surface area contributed by atoms with E-state index in [2.05, 4.69) is 31.2 Å². The van der Waals surface area contributed by atoms with Gasteiger partial charge in [0.1, 0.15) is 12.1 Å². The van der Waals surface area contributed by atoms with Crippen LogP contribution in [0.25, 0.3) is 27.2 Å². The molecule has 8 rings (SSSR count). The minimum absolute atomic E-state index is 0.0683. The Labute approximate surface area is 456 Å². The number of aromatic nitrogens is 2. The molecule has 0 bridgehead atoms. The van der Waals surface area contributed by atoms with Gasteiger partial charge in [-0.2, -0.15) is 0 Å². The molecule has 2 atom stereocenters. The number of nitrogens with two attached hydrogens (primary N) is 1. The summed E-state index contributed by atoms with van der Waals surface area (Å²) in [6.07, 6.45) is 10.3. The van der Waals surface area contributed by atoms with Crippen molar-refractivity contribution in [3.63, 3.8) is 0 Å². The summed E-state index contributed by atoms with van der Waals surface area (Å²) in [6.45, 7) is 6.32. The van der Waals surface area contributed by atoms with Crippen molar-refractivity contribution in [3.05, 3.63) is 114 Å². The van der Waals surface area contributed by atoms with Crippen molar-refractivity contribution in [1.82, 2.24) is 50.0 Å². The lowest BCUT2D eigenvalue weighted by atomic mass is 9.93. The standard InChI is InChI=1S/C57H66N12O10/c1-35(2)50(63-45(70)17-6-5-7-28-67-46(71)22-23-47(67)72)52(74)62-43(16-10-24-60-57(58)79)51(73)61-42-20-18-40-48-36(42)12-8-14-38(48)53(75)68(55(40)77)32-30-64(3)26-11-27-65(4)31-33-69-54(76)39-15-9-13-37-44(66-29-25-59-34-66)21-19-41(49(37)39)56(69)78/h8-9,12-15,18-23,25,29,34-35,43,50H,5-7,10-11,16-17,24,26-28,30-33H2,1-4H3,(H,61,73)(H,62,74)(H,63,70)(H3,58,60,79)/t43-,50-/m0/s1. The van der Waals surface area contributed by atoms with E-state index < -0.39 is 41.7 Å². The molecule has 0 unspecified atom stereocenters. The number of hydrogen-bond acceptors (Lipinski definition) is 13. The molecular weight excluding hydrogens is 1010 g/mol. The van der Waals surface area contributed by atoms with E-state index in [1.165, 1.54) is 22.0 Å². The average Bonchev–Trinajstić information content (AvgIpc) is 4.24. The summed E-state index contributed by atoms with van der Waals surface area (Å²) >= 11 is 0.